The summed E-state index contributed by atoms with van der Waals surface area (Å²) < 4.78 is 15.8. The molecule has 0 aromatic heterocycles. The van der Waals surface area contributed by atoms with E-state index in [4.69, 9.17) is 25.8 Å². The van der Waals surface area contributed by atoms with Crippen molar-refractivity contribution >= 4 is 17.6 Å². The topological polar surface area (TPSA) is 65.0 Å². The Balaban J connectivity index is 2.27. The van der Waals surface area contributed by atoms with E-state index in [9.17, 15) is 9.90 Å². The van der Waals surface area contributed by atoms with E-state index in [0.29, 0.717) is 11.5 Å². The van der Waals surface area contributed by atoms with E-state index in [1.165, 1.54) is 13.2 Å². The number of ether oxygens (including phenoxy) is 3. The van der Waals surface area contributed by atoms with Crippen molar-refractivity contribution in [3.8, 4) is 11.5 Å². The van der Waals surface area contributed by atoms with Crippen LogP contribution in [-0.2, 0) is 9.53 Å². The molecule has 0 saturated heterocycles. The van der Waals surface area contributed by atoms with Gasteiger partial charge in [-0.2, -0.15) is 0 Å². The van der Waals surface area contributed by atoms with Gasteiger partial charge < -0.3 is 19.3 Å². The number of aliphatic hydroxyl groups excluding tert-OH is 1. The van der Waals surface area contributed by atoms with Gasteiger partial charge in [-0.15, -0.1) is 0 Å². The van der Waals surface area contributed by atoms with Gasteiger partial charge in [0.2, 0.25) is 0 Å². The maximum Gasteiger partial charge on any atom is 0.339 e. The summed E-state index contributed by atoms with van der Waals surface area (Å²) in [6.07, 6.45) is 1.82. The largest absolute Gasteiger partial charge is 0.493 e. The summed E-state index contributed by atoms with van der Waals surface area (Å²) in [5.74, 6) is 0.218. The number of carbonyl (C=O) groups is 1. The minimum Gasteiger partial charge on any atom is -0.493 e. The summed E-state index contributed by atoms with van der Waals surface area (Å²) in [4.78, 5) is 11.6. The molecule has 1 atom stereocenters. The van der Waals surface area contributed by atoms with Gasteiger partial charge in [0.15, 0.2) is 17.6 Å². The number of halogens is 1. The average molecular weight is 315 g/mol. The van der Waals surface area contributed by atoms with Crippen LogP contribution >= 0.6 is 11.6 Å². The van der Waals surface area contributed by atoms with Gasteiger partial charge >= 0.3 is 5.97 Å². The number of carbonyl (C=O) groups excluding carboxylic acids is 1. The van der Waals surface area contributed by atoms with Gasteiger partial charge in [-0.1, -0.05) is 11.6 Å². The molecule has 0 spiro atoms. The lowest BCUT2D eigenvalue weighted by atomic mass is 9.96. The summed E-state index contributed by atoms with van der Waals surface area (Å²) in [6, 6.07) is 3.08. The lowest BCUT2D eigenvalue weighted by Gasteiger charge is -2.27. The summed E-state index contributed by atoms with van der Waals surface area (Å²) in [5, 5.41) is 10.3. The molecule has 0 aliphatic heterocycles. The van der Waals surface area contributed by atoms with Crippen LogP contribution in [0.5, 0.6) is 11.5 Å². The van der Waals surface area contributed by atoms with Gasteiger partial charge in [-0.05, 0) is 32.3 Å². The zero-order valence-electron chi connectivity index (χ0n) is 12.1. The molecule has 1 aromatic carbocycles. The second kappa shape index (κ2) is 7.00. The molecule has 1 fully saturated rings. The van der Waals surface area contributed by atoms with Crippen molar-refractivity contribution in [1.29, 1.82) is 0 Å². The van der Waals surface area contributed by atoms with Crippen LogP contribution in [0.25, 0.3) is 0 Å². The Bertz CT molecular complexity index is 513. The second-order valence-corrected chi connectivity index (χ2v) is 5.26. The Morgan fingerprint density at radius 2 is 2.14 bits per heavy atom. The average Bonchev–Trinajstić information content (AvgIpc) is 2.43. The first kappa shape index (κ1) is 15.9. The third-order valence-corrected chi connectivity index (χ3v) is 3.76. The fourth-order valence-corrected chi connectivity index (χ4v) is 2.29. The molecule has 21 heavy (non-hydrogen) atoms. The first-order valence-corrected chi connectivity index (χ1v) is 7.33. The van der Waals surface area contributed by atoms with Gasteiger partial charge in [0.1, 0.15) is 0 Å². The predicted octanol–water partition coefficient (Wildman–Crippen LogP) is 2.88. The monoisotopic (exact) mass is 314 g/mol. The van der Waals surface area contributed by atoms with Crippen LogP contribution in [0.15, 0.2) is 12.1 Å². The molecule has 0 radical (unpaired) electrons. The molecule has 1 N–H and O–H groups in total. The van der Waals surface area contributed by atoms with E-state index in [-0.39, 0.29) is 23.3 Å². The summed E-state index contributed by atoms with van der Waals surface area (Å²) in [6.45, 7) is 1.86. The molecular formula is C15H19ClO5. The van der Waals surface area contributed by atoms with Crippen molar-refractivity contribution in [3.05, 3.63) is 22.7 Å². The van der Waals surface area contributed by atoms with E-state index >= 15 is 0 Å². The first-order chi connectivity index (χ1) is 10.1. The highest BCUT2D eigenvalue weighted by Gasteiger charge is 2.26. The molecule has 1 aromatic rings. The zero-order chi connectivity index (χ0) is 15.4. The molecule has 0 bridgehead atoms. The summed E-state index contributed by atoms with van der Waals surface area (Å²) >= 11 is 6.10. The molecule has 6 heteroatoms. The van der Waals surface area contributed by atoms with Crippen LogP contribution < -0.4 is 9.47 Å². The van der Waals surface area contributed by atoms with Crippen LogP contribution in [0.1, 0.15) is 37.9 Å². The highest BCUT2D eigenvalue weighted by molar-refractivity contribution is 6.31. The molecule has 0 heterocycles. The summed E-state index contributed by atoms with van der Waals surface area (Å²) in [5.41, 5.74) is 0.255. The highest BCUT2D eigenvalue weighted by Crippen LogP contribution is 2.38. The molecule has 116 valence electrons. The smallest absolute Gasteiger partial charge is 0.339 e. The minimum absolute atomic E-state index is 0.146. The summed E-state index contributed by atoms with van der Waals surface area (Å²) in [7, 11) is 1.51. The van der Waals surface area contributed by atoms with Gasteiger partial charge in [0, 0.05) is 11.6 Å². The fraction of sp³-hybridized carbons (Fsp3) is 0.533. The van der Waals surface area contributed by atoms with Crippen LogP contribution in [-0.4, -0.2) is 30.9 Å². The molecule has 1 aliphatic carbocycles. The van der Waals surface area contributed by atoms with E-state index in [1.807, 2.05) is 0 Å². The van der Waals surface area contributed by atoms with E-state index < -0.39 is 12.1 Å². The second-order valence-electron chi connectivity index (χ2n) is 4.85. The zero-order valence-corrected chi connectivity index (χ0v) is 12.9. The van der Waals surface area contributed by atoms with Crippen molar-refractivity contribution in [2.24, 2.45) is 0 Å². The SMILES string of the molecule is CCOC(=O)C(O)c1cc(OC2CCC2)c(OC)cc1Cl. The molecule has 2 rings (SSSR count). The Morgan fingerprint density at radius 1 is 1.43 bits per heavy atom. The number of esters is 1. The molecule has 5 nitrogen and oxygen atoms in total. The number of hydrogen-bond acceptors (Lipinski definition) is 5. The van der Waals surface area contributed by atoms with Crippen LogP contribution in [0.3, 0.4) is 0 Å². The minimum atomic E-state index is -1.44. The maximum atomic E-state index is 11.6. The van der Waals surface area contributed by atoms with Gasteiger partial charge in [0.05, 0.1) is 24.8 Å². The standard InChI is InChI=1S/C15H19ClO5/c1-3-20-15(18)14(17)10-7-13(21-9-5-4-6-9)12(19-2)8-11(10)16/h7-9,14,17H,3-6H2,1-2H3. The Kier molecular flexibility index (Phi) is 5.31. The Labute approximate surface area is 128 Å². The maximum absolute atomic E-state index is 11.6. The molecule has 1 aliphatic rings. The Hall–Kier alpha value is -1.46. The van der Waals surface area contributed by atoms with Gasteiger partial charge in [0.25, 0.3) is 0 Å². The Morgan fingerprint density at radius 3 is 2.67 bits per heavy atom. The predicted molar refractivity (Wildman–Crippen MR) is 77.9 cm³/mol. The third kappa shape index (κ3) is 3.60. The van der Waals surface area contributed by atoms with Crippen LogP contribution in [0, 0.1) is 0 Å². The number of aliphatic hydroxyl groups is 1. The van der Waals surface area contributed by atoms with Crippen LogP contribution in [0.2, 0.25) is 5.02 Å². The normalized spacial score (nSPS) is 16.0. The van der Waals surface area contributed by atoms with Crippen molar-refractivity contribution in [2.45, 2.75) is 38.4 Å². The number of hydrogen-bond donors (Lipinski definition) is 1. The van der Waals surface area contributed by atoms with Crippen molar-refractivity contribution < 1.29 is 24.1 Å². The van der Waals surface area contributed by atoms with Crippen LogP contribution in [0.4, 0.5) is 0 Å². The number of methoxy groups -OCH3 is 1. The molecule has 1 unspecified atom stereocenters. The van der Waals surface area contributed by atoms with Gasteiger partial charge in [-0.25, -0.2) is 4.79 Å². The first-order valence-electron chi connectivity index (χ1n) is 6.95. The molecular weight excluding hydrogens is 296 g/mol. The quantitative estimate of drug-likeness (QED) is 0.818. The van der Waals surface area contributed by atoms with Gasteiger partial charge in [-0.3, -0.25) is 0 Å². The lowest BCUT2D eigenvalue weighted by Crippen LogP contribution is -2.25. The van der Waals surface area contributed by atoms with E-state index in [0.717, 1.165) is 19.3 Å². The number of benzene rings is 1. The van der Waals surface area contributed by atoms with Crippen molar-refractivity contribution in [3.63, 3.8) is 0 Å². The van der Waals surface area contributed by atoms with Crippen molar-refractivity contribution in [2.75, 3.05) is 13.7 Å². The lowest BCUT2D eigenvalue weighted by molar-refractivity contribution is -0.153. The van der Waals surface area contributed by atoms with Crippen molar-refractivity contribution in [1.82, 2.24) is 0 Å². The molecule has 1 saturated carbocycles. The third-order valence-electron chi connectivity index (χ3n) is 3.43. The van der Waals surface area contributed by atoms with E-state index in [2.05, 4.69) is 0 Å². The fourth-order valence-electron chi connectivity index (χ4n) is 2.03. The highest BCUT2D eigenvalue weighted by atomic mass is 35.5. The molecule has 0 amide bonds. The number of rotatable bonds is 6. The van der Waals surface area contributed by atoms with E-state index in [1.54, 1.807) is 13.0 Å².